The Morgan fingerprint density at radius 2 is 2.31 bits per heavy atom. The first-order valence-electron chi connectivity index (χ1n) is 4.68. The molecule has 0 unspecified atom stereocenters. The van der Waals surface area contributed by atoms with Crippen LogP contribution in [0.3, 0.4) is 0 Å². The molecule has 0 atom stereocenters. The van der Waals surface area contributed by atoms with E-state index in [-0.39, 0.29) is 0 Å². The summed E-state index contributed by atoms with van der Waals surface area (Å²) in [6.07, 6.45) is 1.68. The van der Waals surface area contributed by atoms with E-state index in [9.17, 15) is 0 Å². The van der Waals surface area contributed by atoms with Crippen molar-refractivity contribution >= 4 is 39.9 Å². The number of hydrogen-bond acceptors (Lipinski definition) is 3. The summed E-state index contributed by atoms with van der Waals surface area (Å²) in [5.41, 5.74) is 1.05. The molecule has 0 saturated carbocycles. The number of aryl methyl sites for hydroxylation is 1. The minimum Gasteiger partial charge on any atom is -0.377 e. The van der Waals surface area contributed by atoms with Gasteiger partial charge in [0.1, 0.15) is 6.33 Å². The Hall–Kier alpha value is -0.820. The van der Waals surface area contributed by atoms with Gasteiger partial charge >= 0.3 is 0 Å². The van der Waals surface area contributed by atoms with Gasteiger partial charge in [0, 0.05) is 21.3 Å². The van der Waals surface area contributed by atoms with E-state index in [4.69, 9.17) is 11.6 Å². The molecule has 1 N–H and O–H groups in total. The van der Waals surface area contributed by atoms with Crippen molar-refractivity contribution in [2.24, 2.45) is 7.05 Å². The van der Waals surface area contributed by atoms with Crippen LogP contribution in [0.15, 0.2) is 24.5 Å². The highest BCUT2D eigenvalue weighted by molar-refractivity contribution is 14.1. The summed E-state index contributed by atoms with van der Waals surface area (Å²) in [5, 5.41) is 11.9. The van der Waals surface area contributed by atoms with Gasteiger partial charge in [0.2, 0.25) is 0 Å². The number of aromatic nitrogens is 3. The van der Waals surface area contributed by atoms with Crippen LogP contribution in [-0.4, -0.2) is 14.8 Å². The van der Waals surface area contributed by atoms with Crippen molar-refractivity contribution in [3.63, 3.8) is 0 Å². The molecule has 2 rings (SSSR count). The molecule has 16 heavy (non-hydrogen) atoms. The molecule has 0 aliphatic rings. The average molecular weight is 349 g/mol. The van der Waals surface area contributed by atoms with Gasteiger partial charge in [-0.1, -0.05) is 11.6 Å². The molecule has 6 heteroatoms. The minimum absolute atomic E-state index is 0.647. The van der Waals surface area contributed by atoms with Gasteiger partial charge in [-0.05, 0) is 40.8 Å². The summed E-state index contributed by atoms with van der Waals surface area (Å²) in [6.45, 7) is 0.647. The second-order valence-electron chi connectivity index (χ2n) is 3.34. The number of rotatable bonds is 3. The van der Waals surface area contributed by atoms with Crippen LogP contribution >= 0.6 is 34.2 Å². The normalized spacial score (nSPS) is 10.4. The van der Waals surface area contributed by atoms with E-state index < -0.39 is 0 Å². The van der Waals surface area contributed by atoms with Crippen molar-refractivity contribution in [2.45, 2.75) is 6.54 Å². The molecule has 0 fully saturated rings. The van der Waals surface area contributed by atoms with Crippen molar-refractivity contribution in [1.29, 1.82) is 0 Å². The van der Waals surface area contributed by atoms with E-state index in [1.807, 2.05) is 29.8 Å². The van der Waals surface area contributed by atoms with Crippen LogP contribution in [0.5, 0.6) is 0 Å². The van der Waals surface area contributed by atoms with Gasteiger partial charge in [0.15, 0.2) is 5.82 Å². The lowest BCUT2D eigenvalue weighted by Gasteiger charge is -2.08. The fourth-order valence-corrected chi connectivity index (χ4v) is 2.34. The highest BCUT2D eigenvalue weighted by atomic mass is 127. The highest BCUT2D eigenvalue weighted by Crippen LogP contribution is 2.22. The third-order valence-electron chi connectivity index (χ3n) is 2.17. The van der Waals surface area contributed by atoms with Crippen molar-refractivity contribution in [1.82, 2.24) is 14.8 Å². The Morgan fingerprint density at radius 3 is 2.94 bits per heavy atom. The molecule has 0 bridgehead atoms. The monoisotopic (exact) mass is 348 g/mol. The maximum atomic E-state index is 5.88. The van der Waals surface area contributed by atoms with Crippen molar-refractivity contribution in [2.75, 3.05) is 5.32 Å². The third kappa shape index (κ3) is 2.65. The number of hydrogen-bond donors (Lipinski definition) is 1. The molecule has 0 saturated heterocycles. The SMILES string of the molecule is Cn1cnnc1CNc1ccc(Cl)cc1I. The molecule has 0 spiro atoms. The second-order valence-corrected chi connectivity index (χ2v) is 4.93. The highest BCUT2D eigenvalue weighted by Gasteiger charge is 2.03. The first-order chi connectivity index (χ1) is 7.66. The lowest BCUT2D eigenvalue weighted by atomic mass is 10.3. The van der Waals surface area contributed by atoms with Crippen LogP contribution < -0.4 is 5.32 Å². The Bertz CT molecular complexity index is 497. The average Bonchev–Trinajstić information content (AvgIpc) is 2.63. The van der Waals surface area contributed by atoms with Gasteiger partial charge in [-0.2, -0.15) is 0 Å². The maximum Gasteiger partial charge on any atom is 0.151 e. The predicted octanol–water partition coefficient (Wildman–Crippen LogP) is 2.69. The first kappa shape index (κ1) is 11.7. The smallest absolute Gasteiger partial charge is 0.151 e. The van der Waals surface area contributed by atoms with Gasteiger partial charge in [0.05, 0.1) is 6.54 Å². The fraction of sp³-hybridized carbons (Fsp3) is 0.200. The molecule has 4 nitrogen and oxygen atoms in total. The van der Waals surface area contributed by atoms with E-state index in [1.165, 1.54) is 0 Å². The van der Waals surface area contributed by atoms with E-state index in [2.05, 4.69) is 38.1 Å². The van der Waals surface area contributed by atoms with Gasteiger partial charge in [-0.3, -0.25) is 0 Å². The summed E-state index contributed by atoms with van der Waals surface area (Å²) in [4.78, 5) is 0. The summed E-state index contributed by atoms with van der Waals surface area (Å²) >= 11 is 8.13. The van der Waals surface area contributed by atoms with Gasteiger partial charge in [0.25, 0.3) is 0 Å². The van der Waals surface area contributed by atoms with Crippen molar-refractivity contribution in [3.8, 4) is 0 Å². The standard InChI is InChI=1S/C10H10ClIN4/c1-16-6-14-15-10(16)5-13-9-3-2-7(11)4-8(9)12/h2-4,6,13H,5H2,1H3. The number of nitrogens with zero attached hydrogens (tertiary/aromatic N) is 3. The summed E-state index contributed by atoms with van der Waals surface area (Å²) in [7, 11) is 1.92. The molecular weight excluding hydrogens is 338 g/mol. The summed E-state index contributed by atoms with van der Waals surface area (Å²) in [5.74, 6) is 0.894. The molecule has 0 aliphatic carbocycles. The molecule has 0 aliphatic heterocycles. The molecule has 2 aromatic rings. The topological polar surface area (TPSA) is 42.7 Å². The van der Waals surface area contributed by atoms with Crippen LogP contribution in [0.25, 0.3) is 0 Å². The van der Waals surface area contributed by atoms with Gasteiger partial charge in [-0.15, -0.1) is 10.2 Å². The molecule has 84 valence electrons. The van der Waals surface area contributed by atoms with Crippen LogP contribution in [-0.2, 0) is 13.6 Å². The van der Waals surface area contributed by atoms with Gasteiger partial charge < -0.3 is 9.88 Å². The van der Waals surface area contributed by atoms with E-state index in [0.29, 0.717) is 6.54 Å². The number of nitrogens with one attached hydrogen (secondary N) is 1. The van der Waals surface area contributed by atoms with Crippen molar-refractivity contribution < 1.29 is 0 Å². The van der Waals surface area contributed by atoms with Crippen LogP contribution in [0.2, 0.25) is 5.02 Å². The second kappa shape index (κ2) is 5.01. The Kier molecular flexibility index (Phi) is 3.65. The quantitative estimate of drug-likeness (QED) is 0.867. The molecule has 0 amide bonds. The summed E-state index contributed by atoms with van der Waals surface area (Å²) < 4.78 is 2.97. The Balaban J connectivity index is 2.08. The van der Waals surface area contributed by atoms with Crippen LogP contribution in [0, 0.1) is 3.57 Å². The minimum atomic E-state index is 0.647. The van der Waals surface area contributed by atoms with Crippen LogP contribution in [0.1, 0.15) is 5.82 Å². The predicted molar refractivity (Wildman–Crippen MR) is 72.5 cm³/mol. The molecule has 1 aromatic carbocycles. The van der Waals surface area contributed by atoms with E-state index in [0.717, 1.165) is 20.1 Å². The fourth-order valence-electron chi connectivity index (χ4n) is 1.27. The lowest BCUT2D eigenvalue weighted by Crippen LogP contribution is -2.06. The third-order valence-corrected chi connectivity index (χ3v) is 3.30. The summed E-state index contributed by atoms with van der Waals surface area (Å²) in [6, 6.07) is 5.74. The number of halogens is 2. The molecule has 1 aromatic heterocycles. The van der Waals surface area contributed by atoms with Crippen LogP contribution in [0.4, 0.5) is 5.69 Å². The first-order valence-corrected chi connectivity index (χ1v) is 6.14. The number of anilines is 1. The lowest BCUT2D eigenvalue weighted by molar-refractivity contribution is 0.812. The largest absolute Gasteiger partial charge is 0.377 e. The van der Waals surface area contributed by atoms with Crippen molar-refractivity contribution in [3.05, 3.63) is 38.9 Å². The van der Waals surface area contributed by atoms with Gasteiger partial charge in [-0.25, -0.2) is 0 Å². The zero-order chi connectivity index (χ0) is 11.5. The Labute approximate surface area is 112 Å². The molecule has 1 heterocycles. The Morgan fingerprint density at radius 1 is 1.50 bits per heavy atom. The zero-order valence-electron chi connectivity index (χ0n) is 8.61. The molecule has 0 radical (unpaired) electrons. The zero-order valence-corrected chi connectivity index (χ0v) is 11.5. The van der Waals surface area contributed by atoms with E-state index in [1.54, 1.807) is 6.33 Å². The van der Waals surface area contributed by atoms with E-state index >= 15 is 0 Å². The maximum absolute atomic E-state index is 5.88. The number of benzene rings is 1. The molecular formula is C10H10ClIN4.